The van der Waals surface area contributed by atoms with Crippen LogP contribution in [0, 0.1) is 0 Å². The fraction of sp³-hybridized carbons (Fsp3) is 0.143. The van der Waals surface area contributed by atoms with Crippen LogP contribution in [0.25, 0.3) is 0 Å². The third kappa shape index (κ3) is 3.40. The van der Waals surface area contributed by atoms with Gasteiger partial charge in [0.1, 0.15) is 17.2 Å². The Morgan fingerprint density at radius 2 is 1.29 bits per heavy atom. The lowest BCUT2D eigenvalue weighted by Gasteiger charge is -2.07. The zero-order chi connectivity index (χ0) is 12.1. The molecule has 0 saturated heterocycles. The van der Waals surface area contributed by atoms with Crippen molar-refractivity contribution in [3.8, 4) is 17.2 Å². The zero-order valence-corrected chi connectivity index (χ0v) is 10.3. The first-order valence-corrected chi connectivity index (χ1v) is 5.82. The molecule has 0 radical (unpaired) electrons. The third-order valence-corrected chi connectivity index (χ3v) is 2.44. The lowest BCUT2D eigenvalue weighted by atomic mass is 10.3. The maximum atomic E-state index is 5.80. The molecule has 0 aliphatic rings. The van der Waals surface area contributed by atoms with Gasteiger partial charge in [0.05, 0.1) is 6.61 Å². The van der Waals surface area contributed by atoms with Gasteiger partial charge in [-0.3, -0.25) is 0 Å². The van der Waals surface area contributed by atoms with E-state index < -0.39 is 0 Å². The molecule has 2 nitrogen and oxygen atoms in total. The van der Waals surface area contributed by atoms with E-state index in [9.17, 15) is 0 Å². The van der Waals surface area contributed by atoms with Crippen LogP contribution in [0.15, 0.2) is 48.5 Å². The molecule has 0 aromatic heterocycles. The fourth-order valence-electron chi connectivity index (χ4n) is 1.41. The van der Waals surface area contributed by atoms with Crippen molar-refractivity contribution >= 4 is 11.6 Å². The highest BCUT2D eigenvalue weighted by molar-refractivity contribution is 6.30. The van der Waals surface area contributed by atoms with E-state index in [1.54, 1.807) is 12.1 Å². The molecule has 0 aliphatic heterocycles. The van der Waals surface area contributed by atoms with Gasteiger partial charge in [0, 0.05) is 5.02 Å². The van der Waals surface area contributed by atoms with Crippen LogP contribution in [-0.4, -0.2) is 6.61 Å². The summed E-state index contributed by atoms with van der Waals surface area (Å²) >= 11 is 5.80. The standard InChI is InChI=1S/C14H13ClO2/c1-2-16-12-7-9-14(10-8-12)17-13-5-3-11(15)4-6-13/h3-10H,2H2,1H3. The summed E-state index contributed by atoms with van der Waals surface area (Å²) in [6.45, 7) is 2.62. The number of hydrogen-bond acceptors (Lipinski definition) is 2. The Labute approximate surface area is 106 Å². The summed E-state index contributed by atoms with van der Waals surface area (Å²) in [5.41, 5.74) is 0. The van der Waals surface area contributed by atoms with Gasteiger partial charge in [-0.05, 0) is 55.5 Å². The van der Waals surface area contributed by atoms with Crippen molar-refractivity contribution in [3.63, 3.8) is 0 Å². The second kappa shape index (κ2) is 5.60. The molecule has 0 heterocycles. The summed E-state index contributed by atoms with van der Waals surface area (Å²) < 4.78 is 11.0. The van der Waals surface area contributed by atoms with Gasteiger partial charge in [0.15, 0.2) is 0 Å². The van der Waals surface area contributed by atoms with Crippen LogP contribution >= 0.6 is 11.6 Å². The molecule has 0 amide bonds. The summed E-state index contributed by atoms with van der Waals surface area (Å²) in [4.78, 5) is 0. The Balaban J connectivity index is 2.05. The molecule has 0 unspecified atom stereocenters. The van der Waals surface area contributed by atoms with Gasteiger partial charge in [0.25, 0.3) is 0 Å². The molecule has 0 saturated carbocycles. The lowest BCUT2D eigenvalue weighted by Crippen LogP contribution is -1.91. The van der Waals surface area contributed by atoms with Crippen LogP contribution in [0.5, 0.6) is 17.2 Å². The molecular weight excluding hydrogens is 236 g/mol. The molecule has 0 aliphatic carbocycles. The summed E-state index contributed by atoms with van der Waals surface area (Å²) in [5.74, 6) is 2.38. The van der Waals surface area contributed by atoms with Crippen LogP contribution in [-0.2, 0) is 0 Å². The van der Waals surface area contributed by atoms with E-state index in [0.717, 1.165) is 17.2 Å². The summed E-state index contributed by atoms with van der Waals surface area (Å²) in [7, 11) is 0. The molecular formula is C14H13ClO2. The van der Waals surface area contributed by atoms with Crippen LogP contribution in [0.4, 0.5) is 0 Å². The zero-order valence-electron chi connectivity index (χ0n) is 9.52. The topological polar surface area (TPSA) is 18.5 Å². The minimum Gasteiger partial charge on any atom is -0.494 e. The molecule has 2 rings (SSSR count). The van der Waals surface area contributed by atoms with Gasteiger partial charge >= 0.3 is 0 Å². The van der Waals surface area contributed by atoms with Crippen LogP contribution in [0.1, 0.15) is 6.92 Å². The first-order valence-electron chi connectivity index (χ1n) is 5.44. The summed E-state index contributed by atoms with van der Waals surface area (Å²) in [5, 5.41) is 0.698. The third-order valence-electron chi connectivity index (χ3n) is 2.18. The first kappa shape index (κ1) is 11.8. The minimum absolute atomic E-state index is 0.664. The normalized spacial score (nSPS) is 10.0. The predicted octanol–water partition coefficient (Wildman–Crippen LogP) is 4.53. The summed E-state index contributed by atoms with van der Waals surface area (Å²) in [6, 6.07) is 14.8. The SMILES string of the molecule is CCOc1ccc(Oc2ccc(Cl)cc2)cc1. The smallest absolute Gasteiger partial charge is 0.127 e. The van der Waals surface area contributed by atoms with E-state index >= 15 is 0 Å². The van der Waals surface area contributed by atoms with E-state index in [2.05, 4.69) is 0 Å². The van der Waals surface area contributed by atoms with Gasteiger partial charge in [-0.1, -0.05) is 11.6 Å². The molecule has 0 bridgehead atoms. The van der Waals surface area contributed by atoms with E-state index in [1.807, 2.05) is 43.3 Å². The van der Waals surface area contributed by atoms with E-state index in [0.29, 0.717) is 11.6 Å². The van der Waals surface area contributed by atoms with Gasteiger partial charge in [-0.2, -0.15) is 0 Å². The molecule has 0 atom stereocenters. The number of hydrogen-bond donors (Lipinski definition) is 0. The fourth-order valence-corrected chi connectivity index (χ4v) is 1.54. The van der Waals surface area contributed by atoms with Crippen LogP contribution in [0.2, 0.25) is 5.02 Å². The molecule has 2 aromatic carbocycles. The maximum Gasteiger partial charge on any atom is 0.127 e. The Morgan fingerprint density at radius 1 is 0.824 bits per heavy atom. The average Bonchev–Trinajstić information content (AvgIpc) is 2.35. The van der Waals surface area contributed by atoms with Gasteiger partial charge < -0.3 is 9.47 Å². The number of benzene rings is 2. The second-order valence-corrected chi connectivity index (χ2v) is 3.90. The van der Waals surface area contributed by atoms with Crippen molar-refractivity contribution in [1.29, 1.82) is 0 Å². The Hall–Kier alpha value is -1.67. The van der Waals surface area contributed by atoms with Crippen molar-refractivity contribution in [2.75, 3.05) is 6.61 Å². The van der Waals surface area contributed by atoms with Crippen molar-refractivity contribution in [1.82, 2.24) is 0 Å². The summed E-state index contributed by atoms with van der Waals surface area (Å²) in [6.07, 6.45) is 0. The number of ether oxygens (including phenoxy) is 2. The Kier molecular flexibility index (Phi) is 3.89. The molecule has 0 spiro atoms. The average molecular weight is 249 g/mol. The molecule has 17 heavy (non-hydrogen) atoms. The van der Waals surface area contributed by atoms with Crippen molar-refractivity contribution in [2.24, 2.45) is 0 Å². The van der Waals surface area contributed by atoms with E-state index in [4.69, 9.17) is 21.1 Å². The van der Waals surface area contributed by atoms with E-state index in [1.165, 1.54) is 0 Å². The molecule has 3 heteroatoms. The second-order valence-electron chi connectivity index (χ2n) is 3.46. The number of rotatable bonds is 4. The number of halogens is 1. The monoisotopic (exact) mass is 248 g/mol. The van der Waals surface area contributed by atoms with Crippen molar-refractivity contribution in [2.45, 2.75) is 6.92 Å². The highest BCUT2D eigenvalue weighted by Crippen LogP contribution is 2.24. The highest BCUT2D eigenvalue weighted by Gasteiger charge is 1.98. The molecule has 2 aromatic rings. The van der Waals surface area contributed by atoms with Gasteiger partial charge in [-0.25, -0.2) is 0 Å². The molecule has 0 N–H and O–H groups in total. The first-order chi connectivity index (χ1) is 8.28. The Morgan fingerprint density at radius 3 is 1.82 bits per heavy atom. The molecule has 88 valence electrons. The quantitative estimate of drug-likeness (QED) is 0.791. The Bertz CT molecular complexity index is 463. The maximum absolute atomic E-state index is 5.80. The predicted molar refractivity (Wildman–Crippen MR) is 69.1 cm³/mol. The highest BCUT2D eigenvalue weighted by atomic mass is 35.5. The van der Waals surface area contributed by atoms with E-state index in [-0.39, 0.29) is 0 Å². The van der Waals surface area contributed by atoms with Crippen LogP contribution in [0.3, 0.4) is 0 Å². The van der Waals surface area contributed by atoms with Gasteiger partial charge in [-0.15, -0.1) is 0 Å². The van der Waals surface area contributed by atoms with Crippen LogP contribution < -0.4 is 9.47 Å². The molecule has 0 fully saturated rings. The lowest BCUT2D eigenvalue weighted by molar-refractivity contribution is 0.339. The largest absolute Gasteiger partial charge is 0.494 e. The van der Waals surface area contributed by atoms with Gasteiger partial charge in [0.2, 0.25) is 0 Å². The van der Waals surface area contributed by atoms with Crippen molar-refractivity contribution < 1.29 is 9.47 Å². The minimum atomic E-state index is 0.664. The van der Waals surface area contributed by atoms with Crippen molar-refractivity contribution in [3.05, 3.63) is 53.6 Å².